The SMILES string of the molecule is CC(C)CC(C)CC1CNCC1O. The van der Waals surface area contributed by atoms with E-state index in [0.29, 0.717) is 5.92 Å². The van der Waals surface area contributed by atoms with Gasteiger partial charge in [0, 0.05) is 13.1 Å². The molecule has 0 aromatic carbocycles. The first-order valence-corrected chi connectivity index (χ1v) is 5.48. The third-order valence-electron chi connectivity index (χ3n) is 2.88. The van der Waals surface area contributed by atoms with Crippen LogP contribution >= 0.6 is 0 Å². The van der Waals surface area contributed by atoms with Gasteiger partial charge in [0.2, 0.25) is 0 Å². The minimum Gasteiger partial charge on any atom is -0.391 e. The maximum absolute atomic E-state index is 9.61. The Balaban J connectivity index is 2.22. The molecule has 0 aliphatic carbocycles. The van der Waals surface area contributed by atoms with Crippen molar-refractivity contribution in [1.29, 1.82) is 0 Å². The minimum absolute atomic E-state index is 0.102. The molecule has 0 aromatic rings. The van der Waals surface area contributed by atoms with Crippen LogP contribution in [0.4, 0.5) is 0 Å². The van der Waals surface area contributed by atoms with Crippen molar-refractivity contribution in [2.24, 2.45) is 17.8 Å². The van der Waals surface area contributed by atoms with Crippen LogP contribution in [0.2, 0.25) is 0 Å². The summed E-state index contributed by atoms with van der Waals surface area (Å²) < 4.78 is 0. The first-order chi connectivity index (χ1) is 6.09. The average Bonchev–Trinajstić information content (AvgIpc) is 2.34. The Morgan fingerprint density at radius 2 is 2.00 bits per heavy atom. The van der Waals surface area contributed by atoms with Crippen LogP contribution in [0.25, 0.3) is 0 Å². The van der Waals surface area contributed by atoms with Gasteiger partial charge >= 0.3 is 0 Å². The molecular formula is C11H23NO. The number of hydrogen-bond acceptors (Lipinski definition) is 2. The fourth-order valence-corrected chi connectivity index (χ4v) is 2.38. The molecule has 1 aliphatic heterocycles. The highest BCUT2D eigenvalue weighted by Gasteiger charge is 2.26. The topological polar surface area (TPSA) is 32.3 Å². The van der Waals surface area contributed by atoms with E-state index in [1.807, 2.05) is 0 Å². The van der Waals surface area contributed by atoms with Gasteiger partial charge in [-0.05, 0) is 30.6 Å². The zero-order valence-electron chi connectivity index (χ0n) is 9.09. The van der Waals surface area contributed by atoms with Gasteiger partial charge in [-0.3, -0.25) is 0 Å². The second kappa shape index (κ2) is 4.97. The summed E-state index contributed by atoms with van der Waals surface area (Å²) in [4.78, 5) is 0. The third-order valence-corrected chi connectivity index (χ3v) is 2.88. The van der Waals surface area contributed by atoms with Crippen LogP contribution in [-0.2, 0) is 0 Å². The van der Waals surface area contributed by atoms with E-state index in [9.17, 15) is 5.11 Å². The second-order valence-corrected chi connectivity index (χ2v) is 4.96. The smallest absolute Gasteiger partial charge is 0.0704 e. The lowest BCUT2D eigenvalue weighted by Crippen LogP contribution is -2.20. The molecule has 0 bridgehead atoms. The molecule has 1 fully saturated rings. The summed E-state index contributed by atoms with van der Waals surface area (Å²) in [6.07, 6.45) is 2.35. The molecule has 2 N–H and O–H groups in total. The van der Waals surface area contributed by atoms with Crippen molar-refractivity contribution in [1.82, 2.24) is 5.32 Å². The zero-order valence-corrected chi connectivity index (χ0v) is 9.09. The Kier molecular flexibility index (Phi) is 4.20. The van der Waals surface area contributed by atoms with Gasteiger partial charge in [-0.25, -0.2) is 0 Å². The molecule has 3 atom stereocenters. The van der Waals surface area contributed by atoms with Crippen molar-refractivity contribution in [2.75, 3.05) is 13.1 Å². The number of rotatable bonds is 4. The van der Waals surface area contributed by atoms with E-state index in [1.165, 1.54) is 12.8 Å². The van der Waals surface area contributed by atoms with Gasteiger partial charge < -0.3 is 10.4 Å². The maximum atomic E-state index is 9.61. The monoisotopic (exact) mass is 185 g/mol. The number of nitrogens with one attached hydrogen (secondary N) is 1. The lowest BCUT2D eigenvalue weighted by atomic mass is 9.88. The Morgan fingerprint density at radius 3 is 2.46 bits per heavy atom. The molecule has 3 unspecified atom stereocenters. The lowest BCUT2D eigenvalue weighted by Gasteiger charge is -2.19. The summed E-state index contributed by atoms with van der Waals surface area (Å²) in [5, 5.41) is 12.8. The third kappa shape index (κ3) is 3.65. The van der Waals surface area contributed by atoms with E-state index in [-0.39, 0.29) is 6.10 Å². The number of aliphatic hydroxyl groups is 1. The molecular weight excluding hydrogens is 162 g/mol. The molecule has 0 saturated carbocycles. The average molecular weight is 185 g/mol. The first kappa shape index (κ1) is 11.0. The largest absolute Gasteiger partial charge is 0.391 e. The molecule has 13 heavy (non-hydrogen) atoms. The van der Waals surface area contributed by atoms with E-state index in [1.54, 1.807) is 0 Å². The highest BCUT2D eigenvalue weighted by atomic mass is 16.3. The van der Waals surface area contributed by atoms with Gasteiger partial charge in [0.1, 0.15) is 0 Å². The Hall–Kier alpha value is -0.0800. The van der Waals surface area contributed by atoms with Crippen LogP contribution in [0.15, 0.2) is 0 Å². The summed E-state index contributed by atoms with van der Waals surface area (Å²) in [6.45, 7) is 8.62. The fraction of sp³-hybridized carbons (Fsp3) is 1.00. The number of β-amino-alcohol motifs (C(OH)–C–C–N with tert-alkyl or cyclic N) is 1. The first-order valence-electron chi connectivity index (χ1n) is 5.48. The maximum Gasteiger partial charge on any atom is 0.0704 e. The standard InChI is InChI=1S/C11H23NO/c1-8(2)4-9(3)5-10-6-12-7-11(10)13/h8-13H,4-7H2,1-3H3. The summed E-state index contributed by atoms with van der Waals surface area (Å²) in [5.74, 6) is 2.02. The van der Waals surface area contributed by atoms with Gasteiger partial charge in [0.15, 0.2) is 0 Å². The van der Waals surface area contributed by atoms with E-state index < -0.39 is 0 Å². The van der Waals surface area contributed by atoms with Crippen LogP contribution in [0.5, 0.6) is 0 Å². The van der Waals surface area contributed by atoms with Gasteiger partial charge in [-0.1, -0.05) is 20.8 Å². The molecule has 1 aliphatic rings. The predicted molar refractivity (Wildman–Crippen MR) is 55.6 cm³/mol. The molecule has 1 heterocycles. The minimum atomic E-state index is -0.102. The van der Waals surface area contributed by atoms with Gasteiger partial charge in [-0.2, -0.15) is 0 Å². The molecule has 0 aromatic heterocycles. The van der Waals surface area contributed by atoms with E-state index >= 15 is 0 Å². The van der Waals surface area contributed by atoms with Gasteiger partial charge in [0.05, 0.1) is 6.10 Å². The molecule has 0 amide bonds. The Labute approximate surface area is 81.7 Å². The van der Waals surface area contributed by atoms with Crippen molar-refractivity contribution in [3.63, 3.8) is 0 Å². The van der Waals surface area contributed by atoms with Crippen LogP contribution in [0, 0.1) is 17.8 Å². The quantitative estimate of drug-likeness (QED) is 0.698. The van der Waals surface area contributed by atoms with Crippen LogP contribution < -0.4 is 5.32 Å². The van der Waals surface area contributed by atoms with Crippen LogP contribution in [0.1, 0.15) is 33.6 Å². The molecule has 0 radical (unpaired) electrons. The summed E-state index contributed by atoms with van der Waals surface area (Å²) in [7, 11) is 0. The zero-order chi connectivity index (χ0) is 9.84. The highest BCUT2D eigenvalue weighted by molar-refractivity contribution is 4.81. The normalized spacial score (nSPS) is 31.2. The van der Waals surface area contributed by atoms with E-state index in [4.69, 9.17) is 0 Å². The Morgan fingerprint density at radius 1 is 1.31 bits per heavy atom. The molecule has 2 nitrogen and oxygen atoms in total. The van der Waals surface area contributed by atoms with Crippen molar-refractivity contribution >= 4 is 0 Å². The second-order valence-electron chi connectivity index (χ2n) is 4.96. The fourth-order valence-electron chi connectivity index (χ4n) is 2.38. The Bertz CT molecular complexity index is 147. The molecule has 78 valence electrons. The molecule has 2 heteroatoms. The van der Waals surface area contributed by atoms with Crippen LogP contribution in [0.3, 0.4) is 0 Å². The molecule has 1 rings (SSSR count). The number of hydrogen-bond donors (Lipinski definition) is 2. The highest BCUT2D eigenvalue weighted by Crippen LogP contribution is 2.23. The van der Waals surface area contributed by atoms with Gasteiger partial charge in [-0.15, -0.1) is 0 Å². The van der Waals surface area contributed by atoms with E-state index in [2.05, 4.69) is 26.1 Å². The van der Waals surface area contributed by atoms with E-state index in [0.717, 1.165) is 24.9 Å². The van der Waals surface area contributed by atoms with Gasteiger partial charge in [0.25, 0.3) is 0 Å². The summed E-state index contributed by atoms with van der Waals surface area (Å²) in [5.41, 5.74) is 0. The summed E-state index contributed by atoms with van der Waals surface area (Å²) >= 11 is 0. The van der Waals surface area contributed by atoms with Crippen molar-refractivity contribution in [3.05, 3.63) is 0 Å². The summed E-state index contributed by atoms with van der Waals surface area (Å²) in [6, 6.07) is 0. The predicted octanol–water partition coefficient (Wildman–Crippen LogP) is 1.64. The molecule has 1 saturated heterocycles. The van der Waals surface area contributed by atoms with Crippen molar-refractivity contribution < 1.29 is 5.11 Å². The molecule has 0 spiro atoms. The van der Waals surface area contributed by atoms with Crippen molar-refractivity contribution in [2.45, 2.75) is 39.7 Å². The number of aliphatic hydroxyl groups excluding tert-OH is 1. The van der Waals surface area contributed by atoms with Crippen molar-refractivity contribution in [3.8, 4) is 0 Å². The van der Waals surface area contributed by atoms with Crippen LogP contribution in [-0.4, -0.2) is 24.3 Å². The lowest BCUT2D eigenvalue weighted by molar-refractivity contribution is 0.131.